The van der Waals surface area contributed by atoms with Gasteiger partial charge in [-0.2, -0.15) is 14.6 Å². The molecular weight excluding hydrogens is 416 g/mol. The molecule has 31 heavy (non-hydrogen) atoms. The number of morpholine rings is 1. The molecule has 0 unspecified atom stereocenters. The molecule has 9 nitrogen and oxygen atoms in total. The largest absolute Gasteiger partial charge is 0.383 e. The summed E-state index contributed by atoms with van der Waals surface area (Å²) in [6.07, 6.45) is 1.86. The Morgan fingerprint density at radius 2 is 2.06 bits per heavy atom. The first kappa shape index (κ1) is 19.6. The highest BCUT2D eigenvalue weighted by atomic mass is 32.1. The molecule has 1 amide bonds. The minimum atomic E-state index is -0.433. The van der Waals surface area contributed by atoms with E-state index in [9.17, 15) is 9.59 Å². The average Bonchev–Trinajstić information content (AvgIpc) is 3.31. The molecule has 0 aliphatic carbocycles. The van der Waals surface area contributed by atoms with Crippen molar-refractivity contribution >= 4 is 51.1 Å². The predicted molar refractivity (Wildman–Crippen MR) is 120 cm³/mol. The van der Waals surface area contributed by atoms with Crippen LogP contribution in [0.3, 0.4) is 0 Å². The summed E-state index contributed by atoms with van der Waals surface area (Å²) >= 11 is 1.20. The molecule has 0 bridgehead atoms. The van der Waals surface area contributed by atoms with Gasteiger partial charge in [0.15, 0.2) is 0 Å². The molecule has 4 heterocycles. The number of ether oxygens (including phenoxy) is 1. The van der Waals surface area contributed by atoms with E-state index in [4.69, 9.17) is 10.5 Å². The average molecular weight is 436 g/mol. The number of nitrogens with two attached hydrogens (primary N) is 1. The number of allylic oxidation sites excluding steroid dienone is 1. The third-order valence-corrected chi connectivity index (χ3v) is 6.27. The van der Waals surface area contributed by atoms with Gasteiger partial charge in [0.05, 0.1) is 30.9 Å². The third-order valence-electron chi connectivity index (χ3n) is 5.36. The highest BCUT2D eigenvalue weighted by Gasteiger charge is 2.22. The summed E-state index contributed by atoms with van der Waals surface area (Å²) in [4.78, 5) is 36.1. The van der Waals surface area contributed by atoms with E-state index in [0.29, 0.717) is 36.3 Å². The quantitative estimate of drug-likeness (QED) is 0.669. The summed E-state index contributed by atoms with van der Waals surface area (Å²) < 4.78 is 6.73. The van der Waals surface area contributed by atoms with Crippen LogP contribution in [-0.4, -0.2) is 57.4 Å². The molecule has 1 aromatic carbocycles. The van der Waals surface area contributed by atoms with Crippen molar-refractivity contribution in [3.8, 4) is 0 Å². The molecule has 1 saturated heterocycles. The number of hydrogen-bond acceptors (Lipinski definition) is 8. The van der Waals surface area contributed by atoms with Crippen LogP contribution in [0.1, 0.15) is 23.1 Å². The van der Waals surface area contributed by atoms with E-state index in [1.807, 2.05) is 31.2 Å². The van der Waals surface area contributed by atoms with Crippen molar-refractivity contribution in [1.29, 1.82) is 0 Å². The van der Waals surface area contributed by atoms with Crippen molar-refractivity contribution in [2.75, 3.05) is 32.0 Å². The first-order valence-electron chi connectivity index (χ1n) is 9.92. The molecule has 0 radical (unpaired) electrons. The standard InChI is InChI=1S/C21H20N6O3S/c1-12-14(13-4-2-3-5-16(13)23-12)10-15-19(22)27-21(24-20(15)29)31-17(25-27)11-18(28)26-6-8-30-9-7-26/h2-5,10H,6-9,11,22H2,1H3. The Hall–Kier alpha value is -3.37. The number of benzene rings is 1. The Morgan fingerprint density at radius 1 is 1.29 bits per heavy atom. The topological polar surface area (TPSA) is 115 Å². The minimum absolute atomic E-state index is 0.0272. The van der Waals surface area contributed by atoms with Crippen LogP contribution in [0.5, 0.6) is 0 Å². The number of hydrogen-bond donors (Lipinski definition) is 1. The molecule has 2 aliphatic heterocycles. The van der Waals surface area contributed by atoms with Gasteiger partial charge in [0.2, 0.25) is 10.9 Å². The SMILES string of the molecule is CC1=Nc2ccccc2C1=Cc1c(N)n2nc(CC(=O)N3CCOCC3)sc2nc1=O. The first-order valence-corrected chi connectivity index (χ1v) is 10.7. The second kappa shape index (κ2) is 7.71. The van der Waals surface area contributed by atoms with Crippen molar-refractivity contribution in [3.05, 3.63) is 50.8 Å². The fourth-order valence-electron chi connectivity index (χ4n) is 3.74. The van der Waals surface area contributed by atoms with Gasteiger partial charge in [-0.1, -0.05) is 29.5 Å². The Kier molecular flexibility index (Phi) is 4.87. The number of fused-ring (bicyclic) bond motifs is 2. The van der Waals surface area contributed by atoms with Crippen LogP contribution in [0.4, 0.5) is 11.5 Å². The number of amides is 1. The van der Waals surface area contributed by atoms with Crippen LogP contribution in [0, 0.1) is 0 Å². The second-order valence-corrected chi connectivity index (χ2v) is 8.39. The van der Waals surface area contributed by atoms with E-state index in [1.54, 1.807) is 11.0 Å². The highest BCUT2D eigenvalue weighted by molar-refractivity contribution is 7.16. The zero-order valence-electron chi connectivity index (χ0n) is 16.9. The van der Waals surface area contributed by atoms with Crippen molar-refractivity contribution in [1.82, 2.24) is 19.5 Å². The molecule has 2 N–H and O–H groups in total. The summed E-state index contributed by atoms with van der Waals surface area (Å²) in [5.41, 5.74) is 9.59. The second-order valence-electron chi connectivity index (χ2n) is 7.35. The van der Waals surface area contributed by atoms with E-state index in [0.717, 1.165) is 22.5 Å². The molecule has 2 aromatic heterocycles. The first-order chi connectivity index (χ1) is 15.0. The lowest BCUT2D eigenvalue weighted by molar-refractivity contribution is -0.134. The summed E-state index contributed by atoms with van der Waals surface area (Å²) in [5.74, 6) is 0.168. The monoisotopic (exact) mass is 436 g/mol. The van der Waals surface area contributed by atoms with Crippen molar-refractivity contribution in [3.63, 3.8) is 0 Å². The van der Waals surface area contributed by atoms with Crippen LogP contribution >= 0.6 is 11.3 Å². The van der Waals surface area contributed by atoms with Gasteiger partial charge in [0.25, 0.3) is 5.56 Å². The third kappa shape index (κ3) is 3.53. The molecule has 0 atom stereocenters. The molecule has 0 saturated carbocycles. The molecular formula is C21H20N6O3S. The number of anilines is 1. The van der Waals surface area contributed by atoms with Crippen molar-refractivity contribution in [2.45, 2.75) is 13.3 Å². The number of rotatable bonds is 3. The molecule has 0 spiro atoms. The van der Waals surface area contributed by atoms with Crippen LogP contribution in [0.2, 0.25) is 0 Å². The maximum absolute atomic E-state index is 12.7. The van der Waals surface area contributed by atoms with E-state index in [1.165, 1.54) is 15.9 Å². The summed E-state index contributed by atoms with van der Waals surface area (Å²) in [7, 11) is 0. The fourth-order valence-corrected chi connectivity index (χ4v) is 4.63. The predicted octanol–water partition coefficient (Wildman–Crippen LogP) is 1.78. The van der Waals surface area contributed by atoms with Gasteiger partial charge in [-0.25, -0.2) is 0 Å². The summed E-state index contributed by atoms with van der Waals surface area (Å²) in [6, 6.07) is 7.73. The van der Waals surface area contributed by atoms with E-state index >= 15 is 0 Å². The maximum atomic E-state index is 12.7. The van der Waals surface area contributed by atoms with Gasteiger partial charge in [0.1, 0.15) is 10.8 Å². The van der Waals surface area contributed by atoms with E-state index in [2.05, 4.69) is 15.1 Å². The minimum Gasteiger partial charge on any atom is -0.383 e. The molecule has 5 rings (SSSR count). The Labute approximate surface area is 181 Å². The molecule has 10 heteroatoms. The van der Waals surface area contributed by atoms with Gasteiger partial charge in [-0.15, -0.1) is 0 Å². The number of nitrogens with zero attached hydrogens (tertiary/aromatic N) is 5. The number of carbonyl (C=O) groups is 1. The van der Waals surface area contributed by atoms with Crippen molar-refractivity contribution < 1.29 is 9.53 Å². The highest BCUT2D eigenvalue weighted by Crippen LogP contribution is 2.35. The number of para-hydroxylation sites is 1. The van der Waals surface area contributed by atoms with E-state index in [-0.39, 0.29) is 23.7 Å². The maximum Gasteiger partial charge on any atom is 0.283 e. The van der Waals surface area contributed by atoms with E-state index < -0.39 is 5.56 Å². The lowest BCUT2D eigenvalue weighted by Crippen LogP contribution is -2.41. The van der Waals surface area contributed by atoms with Gasteiger partial charge in [0, 0.05) is 29.9 Å². The number of aromatic nitrogens is 3. The zero-order chi connectivity index (χ0) is 21.5. The van der Waals surface area contributed by atoms with Gasteiger partial charge < -0.3 is 15.4 Å². The van der Waals surface area contributed by atoms with Gasteiger partial charge >= 0.3 is 0 Å². The number of carbonyl (C=O) groups excluding carboxylic acids is 1. The molecule has 3 aromatic rings. The number of aliphatic imine (C=N–C) groups is 1. The van der Waals surface area contributed by atoms with Crippen LogP contribution in [0.15, 0.2) is 34.1 Å². The molecule has 158 valence electrons. The molecule has 1 fully saturated rings. The van der Waals surface area contributed by atoms with Crippen LogP contribution in [0.25, 0.3) is 16.6 Å². The fraction of sp³-hybridized carbons (Fsp3) is 0.286. The van der Waals surface area contributed by atoms with Crippen molar-refractivity contribution in [2.24, 2.45) is 4.99 Å². The lowest BCUT2D eigenvalue weighted by Gasteiger charge is -2.26. The number of nitrogen functional groups attached to an aromatic ring is 1. The van der Waals surface area contributed by atoms with Gasteiger partial charge in [-0.05, 0) is 19.1 Å². The summed E-state index contributed by atoms with van der Waals surface area (Å²) in [6.45, 7) is 4.12. The Morgan fingerprint density at radius 3 is 2.87 bits per heavy atom. The normalized spacial score (nSPS) is 17.3. The zero-order valence-corrected chi connectivity index (χ0v) is 17.7. The molecule has 2 aliphatic rings. The lowest BCUT2D eigenvalue weighted by atomic mass is 10.0. The van der Waals surface area contributed by atoms with Crippen LogP contribution in [-0.2, 0) is 16.0 Å². The smallest absolute Gasteiger partial charge is 0.283 e. The summed E-state index contributed by atoms with van der Waals surface area (Å²) in [5, 5.41) is 5.02. The Balaban J connectivity index is 1.50. The Bertz CT molecular complexity index is 1320. The van der Waals surface area contributed by atoms with Crippen LogP contribution < -0.4 is 11.3 Å². The van der Waals surface area contributed by atoms with Gasteiger partial charge in [-0.3, -0.25) is 14.6 Å².